The van der Waals surface area contributed by atoms with Crippen LogP contribution in [0.15, 0.2) is 249 Å². The first-order valence-electron chi connectivity index (χ1n) is 24.1. The first-order valence-corrected chi connectivity index (χ1v) is 24.1. The van der Waals surface area contributed by atoms with E-state index in [1.54, 1.807) is 0 Å². The van der Waals surface area contributed by atoms with Crippen molar-refractivity contribution in [3.05, 3.63) is 249 Å². The van der Waals surface area contributed by atoms with E-state index in [1.165, 1.54) is 49.3 Å². The Balaban J connectivity index is 1.07. The topological polar surface area (TPSA) is 29.0 Å². The number of para-hydroxylation sites is 6. The quantitative estimate of drug-likeness (QED) is 0.165. The minimum absolute atomic E-state index is 0.0568. The van der Waals surface area contributed by atoms with Crippen LogP contribution in [0.5, 0.6) is 0 Å². The fraction of sp³-hybridized carbons (Fsp3) is 0.0154. The molecule has 12 aromatic rings. The third kappa shape index (κ3) is 5.60. The van der Waals surface area contributed by atoms with E-state index in [0.29, 0.717) is 0 Å². The summed E-state index contributed by atoms with van der Waals surface area (Å²) in [6.45, 7) is 0. The van der Waals surface area contributed by atoms with Crippen molar-refractivity contribution in [3.8, 4) is 56.0 Å². The second kappa shape index (κ2) is 15.1. The van der Waals surface area contributed by atoms with Crippen molar-refractivity contribution in [1.82, 2.24) is 18.7 Å². The van der Waals surface area contributed by atoms with Crippen LogP contribution < -0.4 is 9.48 Å². The van der Waals surface area contributed by atoms with Crippen LogP contribution in [0.2, 0.25) is 0 Å². The molecule has 15 rings (SSSR count). The third-order valence-electron chi connectivity index (χ3n) is 14.8. The Kier molecular flexibility index (Phi) is 8.36. The molecule has 326 valence electrons. The van der Waals surface area contributed by atoms with Crippen LogP contribution in [0.4, 0.5) is 22.7 Å². The zero-order valence-corrected chi connectivity index (χ0v) is 38.0. The van der Waals surface area contributed by atoms with E-state index >= 15 is 0 Å². The summed E-state index contributed by atoms with van der Waals surface area (Å²) in [6.07, 6.45) is 10.9. The molecule has 0 amide bonds. The lowest BCUT2D eigenvalue weighted by atomic mass is 9.81. The number of hydrogen-bond acceptors (Lipinski definition) is 2. The highest BCUT2D eigenvalue weighted by molar-refractivity contribution is 6.15. The van der Waals surface area contributed by atoms with Gasteiger partial charge in [0.15, 0.2) is 0 Å². The summed E-state index contributed by atoms with van der Waals surface area (Å²) in [5, 5.41) is 4.96. The Morgan fingerprint density at radius 2 is 0.900 bits per heavy atom. The van der Waals surface area contributed by atoms with Crippen molar-refractivity contribution in [2.45, 2.75) is 6.04 Å². The average Bonchev–Trinajstić information content (AvgIpc) is 3.95. The molecule has 5 heteroatoms. The molecule has 1 atom stereocenters. The Bertz CT molecular complexity index is 4140. The van der Waals surface area contributed by atoms with Gasteiger partial charge in [0.2, 0.25) is 17.1 Å². The smallest absolute Gasteiger partial charge is 0.236 e. The van der Waals surface area contributed by atoms with Crippen molar-refractivity contribution < 1.29 is 0 Å². The average molecular weight is 893 g/mol. The van der Waals surface area contributed by atoms with Gasteiger partial charge in [-0.25, -0.2) is 0 Å². The number of nitrogens with zero attached hydrogens (tertiary/aromatic N) is 5. The molecule has 0 bridgehead atoms. The van der Waals surface area contributed by atoms with E-state index in [0.717, 1.165) is 78.8 Å². The molecular formula is C65H42N5+. The Labute approximate surface area is 404 Å². The van der Waals surface area contributed by atoms with Gasteiger partial charge in [0, 0.05) is 80.2 Å². The molecular weight excluding hydrogens is 851 g/mol. The van der Waals surface area contributed by atoms with Crippen LogP contribution in [0.25, 0.3) is 99.6 Å². The second-order valence-electron chi connectivity index (χ2n) is 18.5. The number of pyridine rings is 1. The van der Waals surface area contributed by atoms with Gasteiger partial charge < -0.3 is 14.0 Å². The van der Waals surface area contributed by atoms with Gasteiger partial charge in [-0.2, -0.15) is 4.58 Å². The molecule has 0 saturated carbocycles. The predicted molar refractivity (Wildman–Crippen MR) is 292 cm³/mol. The van der Waals surface area contributed by atoms with Crippen LogP contribution in [0, 0.1) is 0 Å². The van der Waals surface area contributed by atoms with Gasteiger partial charge in [-0.3, -0.25) is 4.98 Å². The number of allylic oxidation sites excluding steroid dienone is 2. The van der Waals surface area contributed by atoms with Gasteiger partial charge in [0.05, 0.1) is 27.8 Å². The fourth-order valence-electron chi connectivity index (χ4n) is 11.9. The minimum atomic E-state index is -0.0568. The lowest BCUT2D eigenvalue weighted by Crippen LogP contribution is -2.44. The van der Waals surface area contributed by atoms with Gasteiger partial charge in [-0.1, -0.05) is 146 Å². The van der Waals surface area contributed by atoms with Crippen molar-refractivity contribution in [1.29, 1.82) is 0 Å². The summed E-state index contributed by atoms with van der Waals surface area (Å²) in [6, 6.07) is 80.1. The van der Waals surface area contributed by atoms with Gasteiger partial charge in [0.25, 0.3) is 0 Å². The van der Waals surface area contributed by atoms with Crippen molar-refractivity contribution in [2.75, 3.05) is 4.90 Å². The maximum absolute atomic E-state index is 5.41. The van der Waals surface area contributed by atoms with Crippen molar-refractivity contribution >= 4 is 72.1 Å². The van der Waals surface area contributed by atoms with Gasteiger partial charge >= 0.3 is 0 Å². The Morgan fingerprint density at radius 1 is 0.386 bits per heavy atom. The Hall–Kier alpha value is -9.32. The number of benzene rings is 9. The second-order valence-corrected chi connectivity index (χ2v) is 18.5. The summed E-state index contributed by atoms with van der Waals surface area (Å²) in [7, 11) is 0. The molecule has 0 spiro atoms. The third-order valence-corrected chi connectivity index (χ3v) is 14.8. The van der Waals surface area contributed by atoms with E-state index in [4.69, 9.17) is 4.98 Å². The van der Waals surface area contributed by atoms with Crippen LogP contribution in [0.1, 0.15) is 0 Å². The Morgan fingerprint density at radius 3 is 1.49 bits per heavy atom. The highest BCUT2D eigenvalue weighted by atomic mass is 15.2. The molecule has 2 aliphatic carbocycles. The number of hydrogen-bond donors (Lipinski definition) is 0. The summed E-state index contributed by atoms with van der Waals surface area (Å²) in [5.41, 5.74) is 21.4. The SMILES string of the molecule is C1=CC2=[N+](c3ccccc3)c3cc4c(cc3N(c3ccccc3)C2C=C1)-c1ncccc1-c1cc(-n2c3ccccc3c3ccccc32)ccc1-c1ccc(-n2c3ccccc3c3ccccc32)cc1-4. The molecule has 1 unspecified atom stereocenters. The largest absolute Gasteiger partial charge is 0.319 e. The van der Waals surface area contributed by atoms with Gasteiger partial charge in [-0.15, -0.1) is 0 Å². The first-order chi connectivity index (χ1) is 34.8. The molecule has 0 fully saturated rings. The van der Waals surface area contributed by atoms with E-state index in [1.807, 2.05) is 6.20 Å². The molecule has 5 nitrogen and oxygen atoms in total. The lowest BCUT2D eigenvalue weighted by molar-refractivity contribution is 0.897. The maximum atomic E-state index is 5.41. The maximum Gasteiger partial charge on any atom is 0.236 e. The molecule has 3 aliphatic rings. The zero-order valence-electron chi connectivity index (χ0n) is 38.0. The molecule has 0 saturated heterocycles. The normalized spacial score (nSPS) is 14.5. The molecule has 1 aliphatic heterocycles. The predicted octanol–water partition coefficient (Wildman–Crippen LogP) is 16.2. The van der Waals surface area contributed by atoms with E-state index in [-0.39, 0.29) is 6.04 Å². The molecule has 0 N–H and O–H groups in total. The van der Waals surface area contributed by atoms with E-state index in [9.17, 15) is 0 Å². The van der Waals surface area contributed by atoms with E-state index in [2.05, 4.69) is 261 Å². The number of anilines is 2. The number of rotatable bonds is 4. The highest BCUT2D eigenvalue weighted by Gasteiger charge is 2.41. The van der Waals surface area contributed by atoms with Crippen molar-refractivity contribution in [3.63, 3.8) is 0 Å². The summed E-state index contributed by atoms with van der Waals surface area (Å²) >= 11 is 0. The van der Waals surface area contributed by atoms with E-state index < -0.39 is 0 Å². The number of fused-ring (bicyclic) bond motifs is 16. The molecule has 0 radical (unpaired) electrons. The molecule has 3 aromatic heterocycles. The van der Waals surface area contributed by atoms with Crippen molar-refractivity contribution in [2.24, 2.45) is 0 Å². The first kappa shape index (κ1) is 38.8. The lowest BCUT2D eigenvalue weighted by Gasteiger charge is -2.36. The van der Waals surface area contributed by atoms with Crippen LogP contribution in [-0.2, 0) is 0 Å². The molecule has 70 heavy (non-hydrogen) atoms. The van der Waals surface area contributed by atoms with Gasteiger partial charge in [-0.05, 0) is 101 Å². The molecule has 9 aromatic carbocycles. The highest BCUT2D eigenvalue weighted by Crippen LogP contribution is 2.53. The van der Waals surface area contributed by atoms with Crippen LogP contribution in [-0.4, -0.2) is 25.9 Å². The zero-order chi connectivity index (χ0) is 45.9. The van der Waals surface area contributed by atoms with Gasteiger partial charge in [0.1, 0.15) is 11.7 Å². The monoisotopic (exact) mass is 892 g/mol. The fourth-order valence-corrected chi connectivity index (χ4v) is 11.9. The molecule has 4 heterocycles. The minimum Gasteiger partial charge on any atom is -0.319 e. The van der Waals surface area contributed by atoms with Crippen LogP contribution in [0.3, 0.4) is 0 Å². The summed E-state index contributed by atoms with van der Waals surface area (Å²) < 4.78 is 7.33. The standard InChI is InChI=1S/C65H42N5/c1-3-18-42(19-4-1)67-61-31-15-16-32-62(61)68(43-20-5-2-6-21-43)64-41-56-55(40-63(64)67)54-39-45(70-59-29-13-9-24-50(59)51-25-10-14-30-60(51)70)34-36-47(54)46-35-33-44(38-53(46)52-26-17-37-66-65(52)56)69-57-27-11-7-22-48(57)49-23-8-12-28-58(49)69/h1-41,62H/q+1. The number of aromatic nitrogens is 3. The van der Waals surface area contributed by atoms with Crippen LogP contribution >= 0.6 is 0 Å². The summed E-state index contributed by atoms with van der Waals surface area (Å²) in [5.74, 6) is 0. The summed E-state index contributed by atoms with van der Waals surface area (Å²) in [4.78, 5) is 7.92.